The fraction of sp³-hybridized carbons (Fsp3) is 0.880. The van der Waals surface area contributed by atoms with Gasteiger partial charge in [0, 0.05) is 31.1 Å². The largest absolute Gasteiger partial charge is 0.458 e. The van der Waals surface area contributed by atoms with E-state index in [1.165, 1.54) is 13.8 Å². The van der Waals surface area contributed by atoms with Crippen molar-refractivity contribution < 1.29 is 33.7 Å². The summed E-state index contributed by atoms with van der Waals surface area (Å²) in [5.74, 6) is -0.973. The first-order valence-electron chi connectivity index (χ1n) is 12.2. The molecule has 0 amide bonds. The van der Waals surface area contributed by atoms with Crippen molar-refractivity contribution in [2.45, 2.75) is 109 Å². The van der Waals surface area contributed by atoms with Crippen LogP contribution in [0.3, 0.4) is 0 Å². The molecule has 5 fully saturated rings. The third-order valence-electron chi connectivity index (χ3n) is 10.3. The Morgan fingerprint density at radius 2 is 1.62 bits per heavy atom. The minimum absolute atomic E-state index is 0.0629. The topological polar surface area (TPSA) is 102 Å². The molecule has 32 heavy (non-hydrogen) atoms. The lowest BCUT2D eigenvalue weighted by molar-refractivity contribution is -0.224. The summed E-state index contributed by atoms with van der Waals surface area (Å²) in [6.45, 7) is 8.62. The van der Waals surface area contributed by atoms with E-state index >= 15 is 0 Å². The van der Waals surface area contributed by atoms with Gasteiger partial charge in [-0.3, -0.25) is 14.4 Å². The Bertz CT molecular complexity index is 870. The molecule has 0 aromatic heterocycles. The average Bonchev–Trinajstić information content (AvgIpc) is 3.23. The molecule has 4 aliphatic carbocycles. The number of epoxide rings is 1. The Morgan fingerprint density at radius 1 is 0.938 bits per heavy atom. The van der Waals surface area contributed by atoms with Crippen LogP contribution >= 0.6 is 0 Å². The van der Waals surface area contributed by atoms with Crippen LogP contribution in [-0.4, -0.2) is 52.3 Å². The summed E-state index contributed by atoms with van der Waals surface area (Å²) < 4.78 is 18.9. The van der Waals surface area contributed by atoms with E-state index in [4.69, 9.17) is 14.2 Å². The highest BCUT2D eigenvalue weighted by Gasteiger charge is 2.91. The minimum atomic E-state index is -0.751. The predicted octanol–water partition coefficient (Wildman–Crippen LogP) is 2.95. The SMILES string of the molecule is CC(=O)O[C@@H]1[C@@H](OC(C)=O)C2[C@]3(CC[C@H]4C[C@@H](O)CC[C@]24C)O[C@]32CC[C@@H](C(C)=O)[C@@]12C. The molecule has 4 saturated carbocycles. The Hall–Kier alpha value is -1.47. The molecule has 1 aliphatic heterocycles. The normalized spacial score (nSPS) is 53.2. The fourth-order valence-electron chi connectivity index (χ4n) is 9.11. The fourth-order valence-corrected chi connectivity index (χ4v) is 9.11. The smallest absolute Gasteiger partial charge is 0.303 e. The molecular weight excluding hydrogens is 412 g/mol. The highest BCUT2D eigenvalue weighted by Crippen LogP contribution is 2.81. The summed E-state index contributed by atoms with van der Waals surface area (Å²) in [5.41, 5.74) is -2.01. The molecular formula is C25H36O7. The molecule has 2 spiro atoms. The van der Waals surface area contributed by atoms with Gasteiger partial charge in [-0.1, -0.05) is 13.8 Å². The summed E-state index contributed by atoms with van der Waals surface area (Å²) >= 11 is 0. The first-order chi connectivity index (χ1) is 14.9. The van der Waals surface area contributed by atoms with Crippen LogP contribution in [0, 0.1) is 28.6 Å². The van der Waals surface area contributed by atoms with Gasteiger partial charge < -0.3 is 19.3 Å². The molecule has 5 aliphatic rings. The summed E-state index contributed by atoms with van der Waals surface area (Å²) in [6, 6.07) is 0. The van der Waals surface area contributed by atoms with Gasteiger partial charge in [0.2, 0.25) is 0 Å². The molecule has 0 radical (unpaired) electrons. The second-order valence-electron chi connectivity index (χ2n) is 11.6. The van der Waals surface area contributed by atoms with E-state index in [1.54, 1.807) is 6.92 Å². The van der Waals surface area contributed by atoms with E-state index in [2.05, 4.69) is 6.92 Å². The molecule has 0 aromatic rings. The van der Waals surface area contributed by atoms with Crippen molar-refractivity contribution in [2.75, 3.05) is 0 Å². The highest BCUT2D eigenvalue weighted by molar-refractivity contribution is 5.81. The van der Waals surface area contributed by atoms with Crippen molar-refractivity contribution in [3.63, 3.8) is 0 Å². The lowest BCUT2D eigenvalue weighted by atomic mass is 9.43. The molecule has 1 unspecified atom stereocenters. The van der Waals surface area contributed by atoms with Crippen LogP contribution < -0.4 is 0 Å². The Balaban J connectivity index is 1.69. The molecule has 1 N–H and O–H groups in total. The standard InChI is InChI=1S/C25H36O7/c1-13(26)18-8-11-25-23(18,5)21(31-15(3)28)19(30-14(2)27)20-22(4)9-7-17(29)12-16(22)6-10-24(20,25)32-25/h16-21,29H,6-12H2,1-5H3/t16-,17-,18-,19-,20?,21+,22-,23-,24-,25-/m0/s1. The number of Topliss-reactive ketones (excluding diaryl/α,β-unsaturated/α-hetero) is 1. The van der Waals surface area contributed by atoms with Gasteiger partial charge in [-0.05, 0) is 63.2 Å². The van der Waals surface area contributed by atoms with Crippen molar-refractivity contribution in [3.8, 4) is 0 Å². The van der Waals surface area contributed by atoms with Crippen LogP contribution in [-0.2, 0) is 28.6 Å². The number of hydrogen-bond donors (Lipinski definition) is 1. The van der Waals surface area contributed by atoms with E-state index in [9.17, 15) is 19.5 Å². The minimum Gasteiger partial charge on any atom is -0.458 e. The molecule has 7 heteroatoms. The molecule has 5 rings (SSSR count). The van der Waals surface area contributed by atoms with Crippen LogP contribution in [0.15, 0.2) is 0 Å². The number of aliphatic hydroxyl groups is 1. The first kappa shape index (κ1) is 22.3. The number of carbonyl (C=O) groups is 3. The second kappa shape index (κ2) is 6.78. The Labute approximate surface area is 189 Å². The Morgan fingerprint density at radius 3 is 2.25 bits per heavy atom. The maximum Gasteiger partial charge on any atom is 0.303 e. The van der Waals surface area contributed by atoms with Crippen molar-refractivity contribution in [1.29, 1.82) is 0 Å². The van der Waals surface area contributed by atoms with Gasteiger partial charge in [0.05, 0.1) is 6.10 Å². The van der Waals surface area contributed by atoms with Gasteiger partial charge in [0.1, 0.15) is 29.2 Å². The number of ether oxygens (including phenoxy) is 3. The van der Waals surface area contributed by atoms with Gasteiger partial charge in [0.15, 0.2) is 0 Å². The van der Waals surface area contributed by atoms with Crippen molar-refractivity contribution in [1.82, 2.24) is 0 Å². The number of aliphatic hydroxyl groups excluding tert-OH is 1. The van der Waals surface area contributed by atoms with E-state index in [0.29, 0.717) is 12.8 Å². The zero-order valence-corrected chi connectivity index (χ0v) is 19.8. The molecule has 1 saturated heterocycles. The van der Waals surface area contributed by atoms with Crippen LogP contribution in [0.25, 0.3) is 0 Å². The molecule has 178 valence electrons. The van der Waals surface area contributed by atoms with Crippen molar-refractivity contribution in [2.24, 2.45) is 28.6 Å². The van der Waals surface area contributed by atoms with Crippen LogP contribution in [0.4, 0.5) is 0 Å². The summed E-state index contributed by atoms with van der Waals surface area (Å²) in [5, 5.41) is 10.4. The van der Waals surface area contributed by atoms with E-state index < -0.39 is 40.8 Å². The summed E-state index contributed by atoms with van der Waals surface area (Å²) in [4.78, 5) is 37.4. The van der Waals surface area contributed by atoms with Gasteiger partial charge in [0.25, 0.3) is 0 Å². The monoisotopic (exact) mass is 448 g/mol. The maximum atomic E-state index is 12.8. The zero-order valence-electron chi connectivity index (χ0n) is 19.8. The number of carbonyl (C=O) groups excluding carboxylic acids is 3. The quantitative estimate of drug-likeness (QED) is 0.523. The number of esters is 2. The van der Waals surface area contributed by atoms with Crippen LogP contribution in [0.2, 0.25) is 0 Å². The van der Waals surface area contributed by atoms with Crippen LogP contribution in [0.5, 0.6) is 0 Å². The molecule has 0 aromatic carbocycles. The van der Waals surface area contributed by atoms with Gasteiger partial charge >= 0.3 is 11.9 Å². The number of ketones is 1. The Kier molecular flexibility index (Phi) is 4.73. The number of hydrogen-bond acceptors (Lipinski definition) is 7. The maximum absolute atomic E-state index is 12.8. The summed E-state index contributed by atoms with van der Waals surface area (Å²) in [6.07, 6.45) is 3.69. The van der Waals surface area contributed by atoms with E-state index in [1.807, 2.05) is 6.92 Å². The van der Waals surface area contributed by atoms with Crippen LogP contribution in [0.1, 0.15) is 79.6 Å². The molecule has 1 heterocycles. The lowest BCUT2D eigenvalue weighted by Gasteiger charge is -2.61. The first-order valence-corrected chi connectivity index (χ1v) is 12.2. The highest BCUT2D eigenvalue weighted by atomic mass is 16.7. The van der Waals surface area contributed by atoms with Crippen molar-refractivity contribution in [3.05, 3.63) is 0 Å². The average molecular weight is 449 g/mol. The molecule has 10 atom stereocenters. The summed E-state index contributed by atoms with van der Waals surface area (Å²) in [7, 11) is 0. The van der Waals surface area contributed by atoms with E-state index in [0.717, 1.165) is 32.1 Å². The third-order valence-corrected chi connectivity index (χ3v) is 10.3. The van der Waals surface area contributed by atoms with Gasteiger partial charge in [-0.25, -0.2) is 0 Å². The lowest BCUT2D eigenvalue weighted by Crippen LogP contribution is -2.70. The zero-order chi connectivity index (χ0) is 23.3. The predicted molar refractivity (Wildman–Crippen MR) is 113 cm³/mol. The molecule has 7 nitrogen and oxygen atoms in total. The number of rotatable bonds is 3. The van der Waals surface area contributed by atoms with Gasteiger partial charge in [-0.15, -0.1) is 0 Å². The second-order valence-corrected chi connectivity index (χ2v) is 11.6. The van der Waals surface area contributed by atoms with Crippen molar-refractivity contribution >= 4 is 17.7 Å². The third kappa shape index (κ3) is 2.53. The van der Waals surface area contributed by atoms with Gasteiger partial charge in [-0.2, -0.15) is 0 Å². The molecule has 0 bridgehead atoms. The number of fused-ring (bicyclic) bond motifs is 2. The van der Waals surface area contributed by atoms with E-state index in [-0.39, 0.29) is 35.1 Å².